The molecule has 2 aromatic carbocycles. The van der Waals surface area contributed by atoms with Crippen molar-refractivity contribution in [1.82, 2.24) is 49.9 Å². The molecule has 2 aliphatic rings. The third-order valence-corrected chi connectivity index (χ3v) is 16.8. The van der Waals surface area contributed by atoms with Crippen molar-refractivity contribution in [3.63, 3.8) is 0 Å². The number of hydrogen-bond acceptors (Lipinski definition) is 17. The number of rotatable bonds is 15. The van der Waals surface area contributed by atoms with Crippen LogP contribution in [-0.2, 0) is 34.1 Å². The first-order valence-electron chi connectivity index (χ1n) is 25.1. The fourth-order valence-corrected chi connectivity index (χ4v) is 11.0. The summed E-state index contributed by atoms with van der Waals surface area (Å²) < 4.78 is 132. The van der Waals surface area contributed by atoms with Gasteiger partial charge < -0.3 is 14.0 Å². The minimum atomic E-state index is -4.03. The summed E-state index contributed by atoms with van der Waals surface area (Å²) in [4.78, 5) is 50.8. The van der Waals surface area contributed by atoms with Crippen molar-refractivity contribution in [2.24, 2.45) is 0 Å². The van der Waals surface area contributed by atoms with E-state index < -0.39 is 102 Å². The summed E-state index contributed by atoms with van der Waals surface area (Å²) in [5.41, 5.74) is -2.26. The first-order chi connectivity index (χ1) is 38.7. The van der Waals surface area contributed by atoms with Gasteiger partial charge in [0.15, 0.2) is 29.2 Å². The quantitative estimate of drug-likeness (QED) is 0.0373. The number of fused-ring (bicyclic) bond motifs is 2. The zero-order valence-electron chi connectivity index (χ0n) is 44.4. The number of carbonyl (C=O) groups excluding carboxylic acids is 2. The number of sulfonamides is 2. The van der Waals surface area contributed by atoms with Crippen LogP contribution in [-0.4, -0.2) is 115 Å². The zero-order chi connectivity index (χ0) is 59.5. The maximum Gasteiger partial charge on any atom is 0.496 e. The number of nitrogens with zero attached hydrogens (tertiary/aromatic N) is 9. The molecule has 2 saturated heterocycles. The van der Waals surface area contributed by atoms with Crippen LogP contribution in [0.5, 0.6) is 0 Å². The largest absolute Gasteiger partial charge is 0.496 e. The number of ether oxygens (including phenoxy) is 1. The fraction of sp³-hybridized carbons (Fsp3) is 0.333. The smallest absolute Gasteiger partial charge is 0.399 e. The van der Waals surface area contributed by atoms with Crippen molar-refractivity contribution in [3.05, 3.63) is 134 Å². The van der Waals surface area contributed by atoms with E-state index in [4.69, 9.17) is 37.2 Å². The summed E-state index contributed by atoms with van der Waals surface area (Å²) in [5.74, 6) is -7.37. The molecule has 82 heavy (non-hydrogen) atoms. The topological polar surface area (TPSA) is 278 Å². The van der Waals surface area contributed by atoms with Gasteiger partial charge in [0.05, 0.1) is 49.1 Å². The Morgan fingerprint density at radius 1 is 0.732 bits per heavy atom. The number of H-pyrrole nitrogens is 1. The van der Waals surface area contributed by atoms with Crippen LogP contribution in [0.15, 0.2) is 78.1 Å². The van der Waals surface area contributed by atoms with Crippen LogP contribution < -0.4 is 14.9 Å². The van der Waals surface area contributed by atoms with Crippen molar-refractivity contribution < 1.29 is 58.0 Å². The Bertz CT molecular complexity index is 3900. The van der Waals surface area contributed by atoms with Crippen molar-refractivity contribution in [1.29, 1.82) is 0 Å². The number of ketones is 2. The zero-order valence-corrected chi connectivity index (χ0v) is 49.1. The summed E-state index contributed by atoms with van der Waals surface area (Å²) >= 11 is 14.2. The van der Waals surface area contributed by atoms with E-state index in [1.165, 1.54) is 23.3 Å². The number of halogens is 7. The molecule has 8 aromatic rings. The van der Waals surface area contributed by atoms with Crippen LogP contribution >= 0.6 is 39.1 Å². The third kappa shape index (κ3) is 13.7. The summed E-state index contributed by atoms with van der Waals surface area (Å²) in [6, 6.07) is 6.80. The Kier molecular flexibility index (Phi) is 18.8. The van der Waals surface area contributed by atoms with E-state index in [-0.39, 0.29) is 57.3 Å². The lowest BCUT2D eigenvalue weighted by atomic mass is 9.80. The molecular weight excluding hydrogens is 1230 g/mol. The number of nitrogens with one attached hydrogen (secondary N) is 3. The lowest BCUT2D eigenvalue weighted by Gasteiger charge is -2.32. The maximum absolute atomic E-state index is 15.6. The van der Waals surface area contributed by atoms with Gasteiger partial charge in [0.1, 0.15) is 34.4 Å². The lowest BCUT2D eigenvalue weighted by molar-refractivity contribution is -0.0371. The summed E-state index contributed by atoms with van der Waals surface area (Å²) in [7, 11) is -8.81. The van der Waals surface area contributed by atoms with E-state index in [1.54, 1.807) is 44.6 Å². The van der Waals surface area contributed by atoms with E-state index in [9.17, 15) is 35.2 Å². The highest BCUT2D eigenvalue weighted by atomic mass is 79.9. The summed E-state index contributed by atoms with van der Waals surface area (Å²) in [6.07, 6.45) is 11.6. The standard InChI is InChI=1S/C27H33BF2N4O6S.C20H15ClF2N6O3S.C4H2BrClN2/c1-6-13-41(36,37)33-23-19(29)11-10-17(21(23)30)24(35)22-18-14-16(28-39-26(2,3)27(4,5)40-28)15-31-25(18)34(32-22)20-9-7-8-12-38-20;1-2-5-33(31,32)29-17-14(22)4-3-12(15(17)23)18(30)16-13-6-10(7-24-19(13)28-27-16)11-8-25-20(21)26-9-11;5-3-1-7-4(6)8-2-3/h10-11,14-15,20,33H,6-9,12-13H2,1-5H3;3-4,6-9,29H,2,5H2,1H3,(H,24,27,28);1-2H. The molecule has 8 heterocycles. The van der Waals surface area contributed by atoms with Crippen molar-refractivity contribution in [2.75, 3.05) is 27.6 Å². The average molecular weight is 1280 g/mol. The minimum absolute atomic E-state index is 0.0594. The van der Waals surface area contributed by atoms with Crippen molar-refractivity contribution in [3.8, 4) is 11.1 Å². The normalized spacial score (nSPS) is 15.8. The van der Waals surface area contributed by atoms with Gasteiger partial charge in [-0.25, -0.2) is 69.0 Å². The molecule has 0 spiro atoms. The molecule has 0 bridgehead atoms. The van der Waals surface area contributed by atoms with E-state index in [2.05, 4.69) is 61.1 Å². The second-order valence-electron chi connectivity index (χ2n) is 19.5. The Balaban J connectivity index is 0.000000192. The highest BCUT2D eigenvalue weighted by molar-refractivity contribution is 9.10. The SMILES string of the molecule is CCCS(=O)(=O)Nc1c(F)ccc(C(=O)c2[nH]nc3ncc(-c4cnc(Cl)nc4)cc23)c1F.CCCS(=O)(=O)Nc1c(F)ccc(C(=O)c2nn(C3CCCCO3)c3ncc(B4OC(C)(C)C(C)(C)O4)cc23)c1F.Clc1ncc(Br)cn1. The van der Waals surface area contributed by atoms with E-state index in [1.807, 2.05) is 37.1 Å². The van der Waals surface area contributed by atoms with Gasteiger partial charge in [0.25, 0.3) is 0 Å². The van der Waals surface area contributed by atoms with Gasteiger partial charge in [-0.05, 0) is 135 Å². The molecule has 31 heteroatoms. The maximum atomic E-state index is 15.6. The van der Waals surface area contributed by atoms with Gasteiger partial charge in [-0.3, -0.25) is 24.1 Å². The number of anilines is 2. The third-order valence-electron chi connectivity index (χ3n) is 13.0. The predicted molar refractivity (Wildman–Crippen MR) is 302 cm³/mol. The van der Waals surface area contributed by atoms with E-state index in [0.29, 0.717) is 40.7 Å². The number of aromatic amines is 1. The lowest BCUT2D eigenvalue weighted by Crippen LogP contribution is -2.41. The first kappa shape index (κ1) is 61.5. The van der Waals surface area contributed by atoms with Crippen LogP contribution in [0.1, 0.15) is 112 Å². The fourth-order valence-electron chi connectivity index (χ4n) is 8.28. The molecule has 0 radical (unpaired) electrons. The molecule has 21 nitrogen and oxygen atoms in total. The molecule has 2 fully saturated rings. The van der Waals surface area contributed by atoms with Gasteiger partial charge in [-0.1, -0.05) is 13.8 Å². The highest BCUT2D eigenvalue weighted by Crippen LogP contribution is 2.38. The monoisotopic (exact) mass is 1270 g/mol. The summed E-state index contributed by atoms with van der Waals surface area (Å²) in [6.45, 7) is 11.4. The molecular formula is C51H50BBrCl2F4N12O9S2. The van der Waals surface area contributed by atoms with Crippen LogP contribution in [0.2, 0.25) is 10.6 Å². The second kappa shape index (κ2) is 25.1. The van der Waals surface area contributed by atoms with Crippen LogP contribution in [0, 0.1) is 23.3 Å². The molecule has 0 amide bonds. The molecule has 1 unspecified atom stereocenters. The molecule has 6 aromatic heterocycles. The van der Waals surface area contributed by atoms with Gasteiger partial charge in [-0.15, -0.1) is 0 Å². The molecule has 1 atom stereocenters. The molecule has 0 saturated carbocycles. The average Bonchev–Trinajstić information content (AvgIpc) is 4.32. The van der Waals surface area contributed by atoms with E-state index >= 15 is 8.78 Å². The number of pyridine rings is 2. The molecule has 432 valence electrons. The Morgan fingerprint density at radius 3 is 1.79 bits per heavy atom. The van der Waals surface area contributed by atoms with Crippen molar-refractivity contribution >= 4 is 117 Å². The predicted octanol–water partition coefficient (Wildman–Crippen LogP) is 9.71. The van der Waals surface area contributed by atoms with E-state index in [0.717, 1.165) is 41.6 Å². The first-order valence-corrected chi connectivity index (χ1v) is 30.0. The molecule has 3 N–H and O–H groups in total. The molecule has 2 aliphatic heterocycles. The number of benzene rings is 2. The van der Waals surface area contributed by atoms with Gasteiger partial charge >= 0.3 is 7.12 Å². The number of hydrogen-bond donors (Lipinski definition) is 3. The molecule has 10 rings (SSSR count). The van der Waals surface area contributed by atoms with Crippen molar-refractivity contribution in [2.45, 2.75) is 91.1 Å². The van der Waals surface area contributed by atoms with Crippen LogP contribution in [0.3, 0.4) is 0 Å². The Labute approximate surface area is 486 Å². The number of carbonyl (C=O) groups is 2. The second-order valence-corrected chi connectivity index (χ2v) is 24.8. The Hall–Kier alpha value is -6.60. The minimum Gasteiger partial charge on any atom is -0.399 e. The van der Waals surface area contributed by atoms with Gasteiger partial charge in [0, 0.05) is 60.4 Å². The summed E-state index contributed by atoms with van der Waals surface area (Å²) in [5, 5.41) is 11.9. The number of aromatic nitrogens is 10. The van der Waals surface area contributed by atoms with Crippen LogP contribution in [0.25, 0.3) is 33.2 Å². The molecule has 0 aliphatic carbocycles. The van der Waals surface area contributed by atoms with Gasteiger partial charge in [-0.2, -0.15) is 10.2 Å². The highest BCUT2D eigenvalue weighted by Gasteiger charge is 2.52. The van der Waals surface area contributed by atoms with Gasteiger partial charge in [0.2, 0.25) is 42.2 Å². The van der Waals surface area contributed by atoms with Crippen LogP contribution in [0.4, 0.5) is 28.9 Å². The Morgan fingerprint density at radius 2 is 1.27 bits per heavy atom.